The summed E-state index contributed by atoms with van der Waals surface area (Å²) in [5.74, 6) is 3.73. The number of anilines is 1. The number of hydrogen-bond acceptors (Lipinski definition) is 7. The highest BCUT2D eigenvalue weighted by Crippen LogP contribution is 2.38. The highest BCUT2D eigenvalue weighted by molar-refractivity contribution is 5.59. The lowest BCUT2D eigenvalue weighted by molar-refractivity contribution is 0.158. The first-order valence-corrected chi connectivity index (χ1v) is 10.5. The van der Waals surface area contributed by atoms with Crippen molar-refractivity contribution >= 4 is 5.82 Å². The van der Waals surface area contributed by atoms with Crippen LogP contribution >= 0.6 is 0 Å². The average molecular weight is 421 g/mol. The summed E-state index contributed by atoms with van der Waals surface area (Å²) < 4.78 is 17.2. The maximum absolute atomic E-state index is 6.31. The van der Waals surface area contributed by atoms with Gasteiger partial charge in [0.05, 0.1) is 14.2 Å². The second kappa shape index (κ2) is 9.20. The molecular weight excluding hydrogens is 392 g/mol. The Labute approximate surface area is 183 Å². The van der Waals surface area contributed by atoms with Crippen LogP contribution in [-0.4, -0.2) is 48.4 Å². The molecule has 0 aliphatic carbocycles. The van der Waals surface area contributed by atoms with Crippen molar-refractivity contribution in [3.05, 3.63) is 54.0 Å². The molecule has 1 aliphatic rings. The maximum atomic E-state index is 6.31. The van der Waals surface area contributed by atoms with Crippen molar-refractivity contribution in [3.63, 3.8) is 0 Å². The molecule has 7 nitrogen and oxygen atoms in total. The number of piperidine rings is 1. The van der Waals surface area contributed by atoms with E-state index in [0.29, 0.717) is 23.1 Å². The summed E-state index contributed by atoms with van der Waals surface area (Å²) in [6.45, 7) is 5.82. The second-order valence-corrected chi connectivity index (χ2v) is 7.62. The Morgan fingerprint density at radius 3 is 2.26 bits per heavy atom. The van der Waals surface area contributed by atoms with Gasteiger partial charge in [0.25, 0.3) is 0 Å². The Hall–Kier alpha value is -3.35. The molecule has 0 N–H and O–H groups in total. The second-order valence-electron chi connectivity index (χ2n) is 7.62. The summed E-state index contributed by atoms with van der Waals surface area (Å²) in [4.78, 5) is 16.1. The molecule has 3 heterocycles. The molecule has 2 aromatic heterocycles. The topological polar surface area (TPSA) is 69.6 Å². The van der Waals surface area contributed by atoms with E-state index >= 15 is 0 Å². The van der Waals surface area contributed by atoms with Gasteiger partial charge < -0.3 is 19.1 Å². The Bertz CT molecular complexity index is 1010. The van der Waals surface area contributed by atoms with Crippen LogP contribution in [0.3, 0.4) is 0 Å². The summed E-state index contributed by atoms with van der Waals surface area (Å²) in [7, 11) is 3.29. The molecule has 3 aromatic rings. The number of hydrogen-bond donors (Lipinski definition) is 0. The van der Waals surface area contributed by atoms with Gasteiger partial charge >= 0.3 is 0 Å². The fraction of sp³-hybridized carbons (Fsp3) is 0.375. The van der Waals surface area contributed by atoms with Crippen molar-refractivity contribution < 1.29 is 14.2 Å². The molecule has 4 rings (SSSR count). The molecule has 162 valence electrons. The Kier molecular flexibility index (Phi) is 6.21. The molecule has 1 fully saturated rings. The molecule has 0 amide bonds. The van der Waals surface area contributed by atoms with Gasteiger partial charge in [-0.05, 0) is 38.1 Å². The number of aryl methyl sites for hydroxylation is 1. The fourth-order valence-corrected chi connectivity index (χ4v) is 3.83. The van der Waals surface area contributed by atoms with Crippen LogP contribution in [0.2, 0.25) is 0 Å². The third kappa shape index (κ3) is 4.40. The third-order valence-electron chi connectivity index (χ3n) is 5.69. The minimum absolute atomic E-state index is 0.0856. The first kappa shape index (κ1) is 20.9. The Morgan fingerprint density at radius 2 is 1.65 bits per heavy atom. The van der Waals surface area contributed by atoms with Crippen molar-refractivity contribution in [1.82, 2.24) is 15.0 Å². The van der Waals surface area contributed by atoms with E-state index in [1.54, 1.807) is 26.6 Å². The lowest BCUT2D eigenvalue weighted by atomic mass is 10.1. The molecule has 0 unspecified atom stereocenters. The van der Waals surface area contributed by atoms with Crippen LogP contribution in [0.4, 0.5) is 5.82 Å². The molecule has 0 radical (unpaired) electrons. The fourth-order valence-electron chi connectivity index (χ4n) is 3.83. The molecule has 1 aliphatic heterocycles. The van der Waals surface area contributed by atoms with Crippen LogP contribution < -0.4 is 19.1 Å². The molecule has 7 heteroatoms. The molecule has 1 aromatic carbocycles. The van der Waals surface area contributed by atoms with Crippen molar-refractivity contribution in [2.75, 3.05) is 32.2 Å². The number of nitrogens with zero attached hydrogens (tertiary/aromatic N) is 4. The standard InChI is InChI=1S/C24H28N4O3/c1-16-17(2)26-23(18-7-6-12-25-15-18)27-24(16)28-13-10-19(11-14-28)31-22-20(29-3)8-5-9-21(22)30-4/h5-9,12,15,19H,10-11,13-14H2,1-4H3. The zero-order valence-electron chi connectivity index (χ0n) is 18.5. The molecule has 0 atom stereocenters. The van der Waals surface area contributed by atoms with E-state index in [9.17, 15) is 0 Å². The molecule has 1 saturated heterocycles. The normalized spacial score (nSPS) is 14.4. The number of ether oxygens (including phenoxy) is 3. The summed E-state index contributed by atoms with van der Waals surface area (Å²) in [5.41, 5.74) is 3.02. The quantitative estimate of drug-likeness (QED) is 0.591. The zero-order chi connectivity index (χ0) is 21.8. The van der Waals surface area contributed by atoms with Crippen LogP contribution in [0, 0.1) is 13.8 Å². The van der Waals surface area contributed by atoms with Gasteiger partial charge in [-0.3, -0.25) is 4.98 Å². The summed E-state index contributed by atoms with van der Waals surface area (Å²) in [6.07, 6.45) is 5.40. The van der Waals surface area contributed by atoms with Gasteiger partial charge in [-0.2, -0.15) is 0 Å². The minimum Gasteiger partial charge on any atom is -0.493 e. The first-order valence-electron chi connectivity index (χ1n) is 10.5. The van der Waals surface area contributed by atoms with Crippen LogP contribution in [0.5, 0.6) is 17.2 Å². The number of aromatic nitrogens is 3. The molecule has 0 saturated carbocycles. The van der Waals surface area contributed by atoms with Gasteiger partial charge in [-0.1, -0.05) is 6.07 Å². The number of para-hydroxylation sites is 1. The predicted octanol–water partition coefficient (Wildman–Crippen LogP) is 4.22. The van der Waals surface area contributed by atoms with Crippen LogP contribution in [0.1, 0.15) is 24.1 Å². The van der Waals surface area contributed by atoms with Crippen molar-refractivity contribution in [2.45, 2.75) is 32.8 Å². The number of pyridine rings is 1. The Balaban J connectivity index is 1.50. The third-order valence-corrected chi connectivity index (χ3v) is 5.69. The molecule has 31 heavy (non-hydrogen) atoms. The van der Waals surface area contributed by atoms with Crippen molar-refractivity contribution in [3.8, 4) is 28.6 Å². The monoisotopic (exact) mass is 420 g/mol. The van der Waals surface area contributed by atoms with Crippen molar-refractivity contribution in [2.24, 2.45) is 0 Å². The smallest absolute Gasteiger partial charge is 0.203 e. The largest absolute Gasteiger partial charge is 0.493 e. The highest BCUT2D eigenvalue weighted by atomic mass is 16.5. The van der Waals surface area contributed by atoms with Crippen LogP contribution in [0.25, 0.3) is 11.4 Å². The highest BCUT2D eigenvalue weighted by Gasteiger charge is 2.26. The minimum atomic E-state index is 0.0856. The van der Waals surface area contributed by atoms with Gasteiger partial charge in [0.1, 0.15) is 11.9 Å². The van der Waals surface area contributed by atoms with Gasteiger partial charge in [0.2, 0.25) is 5.75 Å². The predicted molar refractivity (Wildman–Crippen MR) is 120 cm³/mol. The van der Waals surface area contributed by atoms with E-state index in [0.717, 1.165) is 48.6 Å². The van der Waals surface area contributed by atoms with E-state index in [-0.39, 0.29) is 6.10 Å². The Morgan fingerprint density at radius 1 is 0.935 bits per heavy atom. The first-order chi connectivity index (χ1) is 15.1. The summed E-state index contributed by atoms with van der Waals surface area (Å²) >= 11 is 0. The number of rotatable bonds is 6. The van der Waals surface area contributed by atoms with Gasteiger partial charge in [0.15, 0.2) is 17.3 Å². The molecule has 0 spiro atoms. The number of methoxy groups -OCH3 is 2. The molecular formula is C24H28N4O3. The van der Waals surface area contributed by atoms with Gasteiger partial charge in [-0.15, -0.1) is 0 Å². The maximum Gasteiger partial charge on any atom is 0.203 e. The van der Waals surface area contributed by atoms with Gasteiger partial charge in [-0.25, -0.2) is 9.97 Å². The summed E-state index contributed by atoms with van der Waals surface area (Å²) in [6, 6.07) is 9.57. The van der Waals surface area contributed by atoms with E-state index in [2.05, 4.69) is 21.8 Å². The van der Waals surface area contributed by atoms with Crippen molar-refractivity contribution in [1.29, 1.82) is 0 Å². The lowest BCUT2D eigenvalue weighted by Gasteiger charge is -2.34. The van der Waals surface area contributed by atoms with E-state index in [4.69, 9.17) is 19.2 Å². The van der Waals surface area contributed by atoms with E-state index < -0.39 is 0 Å². The zero-order valence-corrected chi connectivity index (χ0v) is 18.5. The summed E-state index contributed by atoms with van der Waals surface area (Å²) in [5, 5.41) is 0. The SMILES string of the molecule is COc1cccc(OC)c1OC1CCN(c2nc(-c3cccnc3)nc(C)c2C)CC1. The lowest BCUT2D eigenvalue weighted by Crippen LogP contribution is -2.39. The van der Waals surface area contributed by atoms with Crippen LogP contribution in [0.15, 0.2) is 42.7 Å². The average Bonchev–Trinajstić information content (AvgIpc) is 2.82. The van der Waals surface area contributed by atoms with Gasteiger partial charge in [0, 0.05) is 55.1 Å². The number of benzene rings is 1. The van der Waals surface area contributed by atoms with Crippen LogP contribution in [-0.2, 0) is 0 Å². The molecule has 0 bridgehead atoms. The van der Waals surface area contributed by atoms with E-state index in [1.807, 2.05) is 37.3 Å². The van der Waals surface area contributed by atoms with E-state index in [1.165, 1.54) is 0 Å².